The van der Waals surface area contributed by atoms with E-state index in [1.54, 1.807) is 12.1 Å². The van der Waals surface area contributed by atoms with Crippen LogP contribution in [0.25, 0.3) is 0 Å². The molecular formula is C13H20N2O. The van der Waals surface area contributed by atoms with Gasteiger partial charge in [-0.25, -0.2) is 0 Å². The summed E-state index contributed by atoms with van der Waals surface area (Å²) in [6.07, 6.45) is 1.95. The molecule has 0 bridgehead atoms. The number of nitrogens with one attached hydrogen (secondary N) is 1. The fourth-order valence-electron chi connectivity index (χ4n) is 1.35. The Morgan fingerprint density at radius 1 is 1.44 bits per heavy atom. The van der Waals surface area contributed by atoms with E-state index in [0.29, 0.717) is 16.8 Å². The zero-order valence-electron chi connectivity index (χ0n) is 10.4. The zero-order chi connectivity index (χ0) is 12.7. The predicted octanol–water partition coefficient (Wildman–Crippen LogP) is 3.06. The standard InChI is InChI=1S/C11H14N2O.C2H6/c1-3-8-4-9(7(2)14)5-10(6-12)11(8)13;1-2/h4-6,12H,3,13H2,1-2H3;1-2H3. The van der Waals surface area contributed by atoms with Crippen LogP contribution in [0.2, 0.25) is 0 Å². The highest BCUT2D eigenvalue weighted by molar-refractivity contribution is 5.98. The van der Waals surface area contributed by atoms with Gasteiger partial charge in [-0.3, -0.25) is 4.79 Å². The van der Waals surface area contributed by atoms with E-state index in [9.17, 15) is 4.79 Å². The number of aryl methyl sites for hydroxylation is 1. The molecule has 0 aliphatic heterocycles. The number of ketones is 1. The molecule has 0 fully saturated rings. The average Bonchev–Trinajstić information content (AvgIpc) is 2.31. The number of nitrogen functional groups attached to an aromatic ring is 1. The lowest BCUT2D eigenvalue weighted by Gasteiger charge is -2.08. The lowest BCUT2D eigenvalue weighted by Crippen LogP contribution is -2.03. The SMILES string of the molecule is CC.CCc1cc(C(C)=O)cc(C=N)c1N. The molecule has 88 valence electrons. The van der Waals surface area contributed by atoms with Crippen LogP contribution < -0.4 is 5.73 Å². The van der Waals surface area contributed by atoms with Gasteiger partial charge in [0.1, 0.15) is 0 Å². The van der Waals surface area contributed by atoms with Gasteiger partial charge in [-0.05, 0) is 31.0 Å². The lowest BCUT2D eigenvalue weighted by molar-refractivity contribution is 0.101. The van der Waals surface area contributed by atoms with E-state index in [4.69, 9.17) is 11.1 Å². The summed E-state index contributed by atoms with van der Waals surface area (Å²) >= 11 is 0. The highest BCUT2D eigenvalue weighted by Gasteiger charge is 2.07. The van der Waals surface area contributed by atoms with Crippen molar-refractivity contribution in [2.45, 2.75) is 34.1 Å². The molecule has 0 aromatic heterocycles. The number of benzene rings is 1. The first-order valence-corrected chi connectivity index (χ1v) is 5.54. The number of Topliss-reactive ketones (excluding diaryl/α,β-unsaturated/α-hetero) is 1. The molecule has 0 unspecified atom stereocenters. The molecule has 0 spiro atoms. The summed E-state index contributed by atoms with van der Waals surface area (Å²) in [5.74, 6) is 0.00259. The van der Waals surface area contributed by atoms with Gasteiger partial charge >= 0.3 is 0 Å². The van der Waals surface area contributed by atoms with E-state index in [2.05, 4.69) is 0 Å². The lowest BCUT2D eigenvalue weighted by atomic mass is 10.00. The van der Waals surface area contributed by atoms with Crippen molar-refractivity contribution < 1.29 is 4.79 Å². The molecule has 1 rings (SSSR count). The van der Waals surface area contributed by atoms with E-state index in [-0.39, 0.29) is 5.78 Å². The third-order valence-electron chi connectivity index (χ3n) is 2.24. The number of rotatable bonds is 3. The third-order valence-corrected chi connectivity index (χ3v) is 2.24. The molecule has 0 saturated carbocycles. The van der Waals surface area contributed by atoms with Crippen molar-refractivity contribution in [3.63, 3.8) is 0 Å². The predicted molar refractivity (Wildman–Crippen MR) is 69.5 cm³/mol. The highest BCUT2D eigenvalue weighted by atomic mass is 16.1. The molecular weight excluding hydrogens is 200 g/mol. The molecule has 0 atom stereocenters. The van der Waals surface area contributed by atoms with Crippen LogP contribution in [0.5, 0.6) is 0 Å². The number of carbonyl (C=O) groups is 1. The molecule has 0 aliphatic rings. The quantitative estimate of drug-likeness (QED) is 0.467. The largest absolute Gasteiger partial charge is 0.398 e. The number of hydrogen-bond donors (Lipinski definition) is 2. The summed E-state index contributed by atoms with van der Waals surface area (Å²) in [5.41, 5.74) is 8.58. The molecule has 16 heavy (non-hydrogen) atoms. The van der Waals surface area contributed by atoms with Gasteiger partial charge < -0.3 is 11.1 Å². The van der Waals surface area contributed by atoms with Gasteiger partial charge in [-0.1, -0.05) is 20.8 Å². The van der Waals surface area contributed by atoms with Gasteiger partial charge in [-0.15, -0.1) is 0 Å². The minimum absolute atomic E-state index is 0.00259. The molecule has 3 nitrogen and oxygen atoms in total. The van der Waals surface area contributed by atoms with E-state index in [1.165, 1.54) is 13.1 Å². The van der Waals surface area contributed by atoms with E-state index < -0.39 is 0 Å². The second-order valence-corrected chi connectivity index (χ2v) is 3.19. The second kappa shape index (κ2) is 6.77. The van der Waals surface area contributed by atoms with Crippen LogP contribution in [0.4, 0.5) is 5.69 Å². The minimum Gasteiger partial charge on any atom is -0.398 e. The van der Waals surface area contributed by atoms with Crippen LogP contribution in [0, 0.1) is 5.41 Å². The van der Waals surface area contributed by atoms with E-state index in [1.807, 2.05) is 20.8 Å². The van der Waals surface area contributed by atoms with Crippen molar-refractivity contribution >= 4 is 17.7 Å². The monoisotopic (exact) mass is 220 g/mol. The van der Waals surface area contributed by atoms with Crippen LogP contribution >= 0.6 is 0 Å². The van der Waals surface area contributed by atoms with Crippen molar-refractivity contribution in [1.82, 2.24) is 0 Å². The average molecular weight is 220 g/mol. The van der Waals surface area contributed by atoms with Crippen molar-refractivity contribution in [1.29, 1.82) is 5.41 Å². The fraction of sp³-hybridized carbons (Fsp3) is 0.385. The first-order chi connectivity index (χ1) is 7.60. The Bertz CT molecular complexity index is 384. The van der Waals surface area contributed by atoms with Crippen LogP contribution in [-0.2, 0) is 6.42 Å². The summed E-state index contributed by atoms with van der Waals surface area (Å²) in [6.45, 7) is 7.49. The van der Waals surface area contributed by atoms with Gasteiger partial charge in [0, 0.05) is 23.0 Å². The Morgan fingerprint density at radius 2 is 2.00 bits per heavy atom. The van der Waals surface area contributed by atoms with Crippen molar-refractivity contribution in [2.75, 3.05) is 5.73 Å². The molecule has 3 heteroatoms. The van der Waals surface area contributed by atoms with Crippen LogP contribution in [0.15, 0.2) is 12.1 Å². The minimum atomic E-state index is 0.00259. The summed E-state index contributed by atoms with van der Waals surface area (Å²) in [4.78, 5) is 11.2. The number of nitrogens with two attached hydrogens (primary N) is 1. The first-order valence-electron chi connectivity index (χ1n) is 5.54. The van der Waals surface area contributed by atoms with Crippen LogP contribution in [-0.4, -0.2) is 12.0 Å². The maximum atomic E-state index is 11.2. The van der Waals surface area contributed by atoms with Crippen molar-refractivity contribution in [3.05, 3.63) is 28.8 Å². The molecule has 0 amide bonds. The Kier molecular flexibility index (Phi) is 6.08. The van der Waals surface area contributed by atoms with Gasteiger partial charge in [0.25, 0.3) is 0 Å². The van der Waals surface area contributed by atoms with Crippen LogP contribution in [0.1, 0.15) is 49.2 Å². The fourth-order valence-corrected chi connectivity index (χ4v) is 1.35. The number of carbonyl (C=O) groups excluding carboxylic acids is 1. The van der Waals surface area contributed by atoms with E-state index in [0.717, 1.165) is 12.0 Å². The summed E-state index contributed by atoms with van der Waals surface area (Å²) < 4.78 is 0. The van der Waals surface area contributed by atoms with Crippen molar-refractivity contribution in [3.8, 4) is 0 Å². The molecule has 1 aromatic rings. The Balaban J connectivity index is 0.00000106. The molecule has 3 N–H and O–H groups in total. The summed E-state index contributed by atoms with van der Waals surface area (Å²) in [7, 11) is 0. The Morgan fingerprint density at radius 3 is 2.38 bits per heavy atom. The Labute approximate surface area is 97.2 Å². The number of hydrogen-bond acceptors (Lipinski definition) is 3. The van der Waals surface area contributed by atoms with Gasteiger partial charge in [-0.2, -0.15) is 0 Å². The smallest absolute Gasteiger partial charge is 0.159 e. The van der Waals surface area contributed by atoms with Gasteiger partial charge in [0.05, 0.1) is 0 Å². The summed E-state index contributed by atoms with van der Waals surface area (Å²) in [5, 5.41) is 7.18. The maximum Gasteiger partial charge on any atom is 0.159 e. The Hall–Kier alpha value is -1.64. The topological polar surface area (TPSA) is 66.9 Å². The van der Waals surface area contributed by atoms with Gasteiger partial charge in [0.15, 0.2) is 5.78 Å². The normalized spacial score (nSPS) is 9.00. The maximum absolute atomic E-state index is 11.2. The summed E-state index contributed by atoms with van der Waals surface area (Å²) in [6, 6.07) is 3.45. The highest BCUT2D eigenvalue weighted by Crippen LogP contribution is 2.19. The third kappa shape index (κ3) is 3.19. The molecule has 0 aliphatic carbocycles. The van der Waals surface area contributed by atoms with Crippen LogP contribution in [0.3, 0.4) is 0 Å². The first kappa shape index (κ1) is 14.4. The van der Waals surface area contributed by atoms with E-state index >= 15 is 0 Å². The molecule has 0 radical (unpaired) electrons. The molecule has 0 heterocycles. The van der Waals surface area contributed by atoms with Gasteiger partial charge in [0.2, 0.25) is 0 Å². The molecule has 0 saturated heterocycles. The zero-order valence-corrected chi connectivity index (χ0v) is 10.4. The molecule has 1 aromatic carbocycles. The second-order valence-electron chi connectivity index (χ2n) is 3.19. The van der Waals surface area contributed by atoms with Crippen molar-refractivity contribution in [2.24, 2.45) is 0 Å². The number of anilines is 1.